The standard InChI is InChI=1S/C23H21N3O2S2/c1-15-12-20(16(2)26(15)14-19-8-4-10-29-19)22(27)24-17-6-3-7-18(13-17)25-23(28)21-9-5-11-30-21/h3-13H,14H2,1-2H3,(H,24,27)(H,25,28). The Morgan fingerprint density at radius 2 is 1.57 bits per heavy atom. The van der Waals surface area contributed by atoms with Crippen molar-refractivity contribution < 1.29 is 9.59 Å². The Labute approximate surface area is 183 Å². The lowest BCUT2D eigenvalue weighted by atomic mass is 10.2. The van der Waals surface area contributed by atoms with Crippen LogP contribution in [0.2, 0.25) is 0 Å². The Hall–Kier alpha value is -3.16. The third-order valence-corrected chi connectivity index (χ3v) is 6.57. The number of hydrogen-bond acceptors (Lipinski definition) is 4. The van der Waals surface area contributed by atoms with Crippen LogP contribution >= 0.6 is 22.7 Å². The van der Waals surface area contributed by atoms with Crippen molar-refractivity contribution in [3.05, 3.63) is 92.1 Å². The summed E-state index contributed by atoms with van der Waals surface area (Å²) in [6, 6.07) is 16.8. The smallest absolute Gasteiger partial charge is 0.265 e. The highest BCUT2D eigenvalue weighted by Crippen LogP contribution is 2.22. The van der Waals surface area contributed by atoms with Crippen molar-refractivity contribution >= 4 is 45.9 Å². The summed E-state index contributed by atoms with van der Waals surface area (Å²) in [6.07, 6.45) is 0. The number of anilines is 2. The Kier molecular flexibility index (Phi) is 5.83. The van der Waals surface area contributed by atoms with Gasteiger partial charge in [0.15, 0.2) is 0 Å². The maximum absolute atomic E-state index is 12.9. The molecule has 0 aliphatic rings. The van der Waals surface area contributed by atoms with Gasteiger partial charge in [0.25, 0.3) is 11.8 Å². The van der Waals surface area contributed by atoms with Crippen LogP contribution in [0.1, 0.15) is 36.3 Å². The number of nitrogens with zero attached hydrogens (tertiary/aromatic N) is 1. The SMILES string of the molecule is Cc1cc(C(=O)Nc2cccc(NC(=O)c3cccs3)c2)c(C)n1Cc1cccs1. The molecule has 30 heavy (non-hydrogen) atoms. The Balaban J connectivity index is 1.48. The van der Waals surface area contributed by atoms with Gasteiger partial charge in [-0.05, 0) is 61.0 Å². The van der Waals surface area contributed by atoms with E-state index >= 15 is 0 Å². The lowest BCUT2D eigenvalue weighted by molar-refractivity contribution is 0.102. The predicted molar refractivity (Wildman–Crippen MR) is 124 cm³/mol. The molecule has 0 fully saturated rings. The normalized spacial score (nSPS) is 10.7. The zero-order chi connectivity index (χ0) is 21.1. The van der Waals surface area contributed by atoms with Gasteiger partial charge >= 0.3 is 0 Å². The molecule has 0 unspecified atom stereocenters. The fraction of sp³-hybridized carbons (Fsp3) is 0.130. The first-order chi connectivity index (χ1) is 14.5. The van der Waals surface area contributed by atoms with E-state index in [1.807, 2.05) is 43.5 Å². The average molecular weight is 436 g/mol. The molecule has 0 aliphatic carbocycles. The number of benzene rings is 1. The highest BCUT2D eigenvalue weighted by Gasteiger charge is 2.16. The number of nitrogens with one attached hydrogen (secondary N) is 2. The van der Waals surface area contributed by atoms with Gasteiger partial charge in [0.2, 0.25) is 0 Å². The first-order valence-corrected chi connectivity index (χ1v) is 11.2. The molecule has 4 aromatic rings. The minimum atomic E-state index is -0.165. The van der Waals surface area contributed by atoms with E-state index in [2.05, 4.69) is 26.6 Å². The molecule has 3 aromatic heterocycles. The molecule has 0 atom stereocenters. The maximum atomic E-state index is 12.9. The second-order valence-electron chi connectivity index (χ2n) is 6.92. The van der Waals surface area contributed by atoms with Crippen LogP contribution in [0.4, 0.5) is 11.4 Å². The van der Waals surface area contributed by atoms with Crippen LogP contribution in [0, 0.1) is 13.8 Å². The van der Waals surface area contributed by atoms with Crippen LogP contribution in [-0.4, -0.2) is 16.4 Å². The Morgan fingerprint density at radius 1 is 0.867 bits per heavy atom. The Bertz CT molecular complexity index is 1180. The predicted octanol–water partition coefficient (Wildman–Crippen LogP) is 5.78. The summed E-state index contributed by atoms with van der Waals surface area (Å²) in [5.74, 6) is -0.326. The van der Waals surface area contributed by atoms with E-state index < -0.39 is 0 Å². The first kappa shape index (κ1) is 20.1. The summed E-state index contributed by atoms with van der Waals surface area (Å²) in [6.45, 7) is 4.73. The number of thiophene rings is 2. The van der Waals surface area contributed by atoms with E-state index in [1.165, 1.54) is 16.2 Å². The number of aromatic nitrogens is 1. The van der Waals surface area contributed by atoms with Crippen LogP contribution in [0.3, 0.4) is 0 Å². The summed E-state index contributed by atoms with van der Waals surface area (Å²) in [5, 5.41) is 9.73. The third kappa shape index (κ3) is 4.37. The van der Waals surface area contributed by atoms with Crippen molar-refractivity contribution in [2.45, 2.75) is 20.4 Å². The van der Waals surface area contributed by atoms with Crippen molar-refractivity contribution in [1.29, 1.82) is 0 Å². The zero-order valence-electron chi connectivity index (χ0n) is 16.6. The monoisotopic (exact) mass is 435 g/mol. The Morgan fingerprint density at radius 3 is 2.23 bits per heavy atom. The third-order valence-electron chi connectivity index (χ3n) is 4.84. The summed E-state index contributed by atoms with van der Waals surface area (Å²) < 4.78 is 2.15. The summed E-state index contributed by atoms with van der Waals surface area (Å²) in [4.78, 5) is 27.1. The molecule has 0 aliphatic heterocycles. The van der Waals surface area contributed by atoms with Crippen LogP contribution in [0.15, 0.2) is 65.4 Å². The average Bonchev–Trinajstić information content (AvgIpc) is 3.47. The van der Waals surface area contributed by atoms with Crippen molar-refractivity contribution in [2.75, 3.05) is 10.6 Å². The molecule has 4 rings (SSSR count). The maximum Gasteiger partial charge on any atom is 0.265 e. The van der Waals surface area contributed by atoms with Crippen molar-refractivity contribution in [1.82, 2.24) is 4.57 Å². The van der Waals surface area contributed by atoms with Crippen LogP contribution in [-0.2, 0) is 6.54 Å². The van der Waals surface area contributed by atoms with E-state index in [-0.39, 0.29) is 11.8 Å². The molecule has 5 nitrogen and oxygen atoms in total. The van der Waals surface area contributed by atoms with Crippen molar-refractivity contribution in [3.8, 4) is 0 Å². The number of hydrogen-bond donors (Lipinski definition) is 2. The number of amides is 2. The van der Waals surface area contributed by atoms with Crippen LogP contribution in [0.25, 0.3) is 0 Å². The molecule has 0 saturated heterocycles. The van der Waals surface area contributed by atoms with Gasteiger partial charge in [-0.2, -0.15) is 0 Å². The van der Waals surface area contributed by atoms with Gasteiger partial charge in [-0.1, -0.05) is 18.2 Å². The van der Waals surface area contributed by atoms with Crippen molar-refractivity contribution in [2.24, 2.45) is 0 Å². The minimum absolute atomic E-state index is 0.161. The number of carbonyl (C=O) groups excluding carboxylic acids is 2. The van der Waals surface area contributed by atoms with Gasteiger partial charge in [-0.3, -0.25) is 9.59 Å². The van der Waals surface area contributed by atoms with E-state index in [0.29, 0.717) is 21.8 Å². The lowest BCUT2D eigenvalue weighted by Crippen LogP contribution is -2.14. The molecule has 7 heteroatoms. The fourth-order valence-corrected chi connectivity index (χ4v) is 4.62. The topological polar surface area (TPSA) is 63.1 Å². The molecule has 0 saturated carbocycles. The second-order valence-corrected chi connectivity index (χ2v) is 8.90. The molecule has 152 valence electrons. The van der Waals surface area contributed by atoms with Crippen molar-refractivity contribution in [3.63, 3.8) is 0 Å². The largest absolute Gasteiger partial charge is 0.343 e. The quantitative estimate of drug-likeness (QED) is 0.403. The van der Waals surface area contributed by atoms with Crippen LogP contribution in [0.5, 0.6) is 0 Å². The molecule has 0 radical (unpaired) electrons. The summed E-state index contributed by atoms with van der Waals surface area (Å²) in [7, 11) is 0. The van der Waals surface area contributed by atoms with Crippen LogP contribution < -0.4 is 10.6 Å². The van der Waals surface area contributed by atoms with Gasteiger partial charge in [0, 0.05) is 27.6 Å². The number of aryl methyl sites for hydroxylation is 1. The second kappa shape index (κ2) is 8.69. The molecule has 0 bridgehead atoms. The van der Waals surface area contributed by atoms with E-state index in [0.717, 1.165) is 17.9 Å². The molecule has 2 amide bonds. The molecule has 1 aromatic carbocycles. The lowest BCUT2D eigenvalue weighted by Gasteiger charge is -2.10. The summed E-state index contributed by atoms with van der Waals surface area (Å²) >= 11 is 3.09. The molecular formula is C23H21N3O2S2. The van der Waals surface area contributed by atoms with E-state index in [4.69, 9.17) is 0 Å². The molecular weight excluding hydrogens is 414 g/mol. The number of carbonyl (C=O) groups is 2. The number of rotatable bonds is 6. The molecule has 3 heterocycles. The highest BCUT2D eigenvalue weighted by molar-refractivity contribution is 7.12. The first-order valence-electron chi connectivity index (χ1n) is 9.46. The zero-order valence-corrected chi connectivity index (χ0v) is 18.3. The van der Waals surface area contributed by atoms with Gasteiger partial charge in [0.1, 0.15) is 0 Å². The highest BCUT2D eigenvalue weighted by atomic mass is 32.1. The molecule has 0 spiro atoms. The van der Waals surface area contributed by atoms with Gasteiger partial charge in [-0.25, -0.2) is 0 Å². The summed E-state index contributed by atoms with van der Waals surface area (Å²) in [5.41, 5.74) is 3.89. The van der Waals surface area contributed by atoms with Gasteiger partial charge < -0.3 is 15.2 Å². The van der Waals surface area contributed by atoms with Gasteiger partial charge in [0.05, 0.1) is 17.0 Å². The minimum Gasteiger partial charge on any atom is -0.343 e. The molecule has 2 N–H and O–H groups in total. The van der Waals surface area contributed by atoms with E-state index in [1.54, 1.807) is 35.6 Å². The fourth-order valence-electron chi connectivity index (χ4n) is 3.31. The van der Waals surface area contributed by atoms with E-state index in [9.17, 15) is 9.59 Å². The van der Waals surface area contributed by atoms with Gasteiger partial charge in [-0.15, -0.1) is 22.7 Å².